The highest BCUT2D eigenvalue weighted by Crippen LogP contribution is 2.30. The van der Waals surface area contributed by atoms with E-state index in [9.17, 15) is 9.59 Å². The van der Waals surface area contributed by atoms with E-state index in [1.807, 2.05) is 18.2 Å². The molecule has 1 amide bonds. The third-order valence-corrected chi connectivity index (χ3v) is 5.46. The van der Waals surface area contributed by atoms with Crippen LogP contribution in [0.2, 0.25) is 5.02 Å². The largest absolute Gasteiger partial charge is 0.497 e. The van der Waals surface area contributed by atoms with Crippen LogP contribution in [-0.4, -0.2) is 27.6 Å². The summed E-state index contributed by atoms with van der Waals surface area (Å²) in [5, 5.41) is 8.23. The van der Waals surface area contributed by atoms with E-state index in [0.717, 1.165) is 5.56 Å². The predicted molar refractivity (Wildman–Crippen MR) is 112 cm³/mol. The summed E-state index contributed by atoms with van der Waals surface area (Å²) in [6.07, 6.45) is 0. The van der Waals surface area contributed by atoms with Gasteiger partial charge in [-0.15, -0.1) is 0 Å². The number of nitrogens with zero attached hydrogens (tertiary/aromatic N) is 3. The Balaban J connectivity index is 1.56. The molecule has 0 aliphatic carbocycles. The molecule has 1 N–H and O–H groups in total. The van der Waals surface area contributed by atoms with E-state index in [1.165, 1.54) is 21.9 Å². The molecule has 4 rings (SSSR count). The van der Waals surface area contributed by atoms with Crippen molar-refractivity contribution in [2.75, 3.05) is 7.11 Å². The number of nitrogens with one attached hydrogen (secondary N) is 1. The summed E-state index contributed by atoms with van der Waals surface area (Å²) in [5.41, 5.74) is 1.35. The van der Waals surface area contributed by atoms with Crippen LogP contribution in [0, 0.1) is 0 Å². The minimum atomic E-state index is -0.321. The van der Waals surface area contributed by atoms with Crippen LogP contribution in [0.3, 0.4) is 0 Å². The number of carbonyl (C=O) groups excluding carboxylic acids is 1. The summed E-state index contributed by atoms with van der Waals surface area (Å²) in [6.45, 7) is 0.121. The Morgan fingerprint density at radius 1 is 1.21 bits per heavy atom. The standard InChI is InChI=1S/C20H15ClN4O3S/c1-28-14-8-6-12(7-9-14)18(27)22-11-13-10-17(26)25-20(23-13)29-19(24-25)15-4-2-3-5-16(15)21/h2-10H,11H2,1H3,(H,22,27). The van der Waals surface area contributed by atoms with Crippen molar-refractivity contribution >= 4 is 33.8 Å². The van der Waals surface area contributed by atoms with Crippen molar-refractivity contribution < 1.29 is 9.53 Å². The Bertz CT molecular complexity index is 1250. The number of amides is 1. The molecule has 29 heavy (non-hydrogen) atoms. The molecule has 0 aliphatic heterocycles. The number of methoxy groups -OCH3 is 1. The zero-order valence-corrected chi connectivity index (χ0v) is 16.8. The molecule has 0 spiro atoms. The fourth-order valence-electron chi connectivity index (χ4n) is 2.71. The van der Waals surface area contributed by atoms with Gasteiger partial charge in [-0.25, -0.2) is 4.98 Å². The molecule has 7 nitrogen and oxygen atoms in total. The lowest BCUT2D eigenvalue weighted by atomic mass is 10.2. The van der Waals surface area contributed by atoms with Gasteiger partial charge < -0.3 is 10.1 Å². The van der Waals surface area contributed by atoms with Crippen LogP contribution in [0.5, 0.6) is 5.75 Å². The molecule has 2 aromatic carbocycles. The number of hydrogen-bond acceptors (Lipinski definition) is 6. The van der Waals surface area contributed by atoms with Crippen LogP contribution in [0.25, 0.3) is 15.5 Å². The maximum atomic E-state index is 12.4. The summed E-state index contributed by atoms with van der Waals surface area (Å²) in [6, 6.07) is 15.4. The lowest BCUT2D eigenvalue weighted by molar-refractivity contribution is 0.0950. The summed E-state index contributed by atoms with van der Waals surface area (Å²) < 4.78 is 6.32. The highest BCUT2D eigenvalue weighted by molar-refractivity contribution is 7.19. The normalized spacial score (nSPS) is 10.8. The maximum Gasteiger partial charge on any atom is 0.275 e. The van der Waals surface area contributed by atoms with Gasteiger partial charge in [0.1, 0.15) is 10.8 Å². The number of benzene rings is 2. The van der Waals surface area contributed by atoms with E-state index in [1.54, 1.807) is 37.4 Å². The molecule has 0 aliphatic rings. The van der Waals surface area contributed by atoms with Crippen molar-refractivity contribution in [1.29, 1.82) is 0 Å². The summed E-state index contributed by atoms with van der Waals surface area (Å²) in [4.78, 5) is 29.6. The molecule has 0 radical (unpaired) electrons. The molecule has 0 unspecified atom stereocenters. The highest BCUT2D eigenvalue weighted by Gasteiger charge is 2.13. The van der Waals surface area contributed by atoms with Gasteiger partial charge in [0.2, 0.25) is 4.96 Å². The van der Waals surface area contributed by atoms with Crippen molar-refractivity contribution in [2.24, 2.45) is 0 Å². The van der Waals surface area contributed by atoms with Crippen LogP contribution in [0.1, 0.15) is 16.1 Å². The van der Waals surface area contributed by atoms with Gasteiger partial charge in [-0.3, -0.25) is 9.59 Å². The van der Waals surface area contributed by atoms with Crippen LogP contribution in [0.4, 0.5) is 0 Å². The number of aromatic nitrogens is 3. The summed E-state index contributed by atoms with van der Waals surface area (Å²) in [5.74, 6) is 0.400. The average molecular weight is 427 g/mol. The number of carbonyl (C=O) groups is 1. The SMILES string of the molecule is COc1ccc(C(=O)NCc2cc(=O)n3nc(-c4ccccc4Cl)sc3n2)cc1. The minimum Gasteiger partial charge on any atom is -0.497 e. The minimum absolute atomic E-state index is 0.121. The smallest absolute Gasteiger partial charge is 0.275 e. The van der Waals surface area contributed by atoms with E-state index in [4.69, 9.17) is 16.3 Å². The maximum absolute atomic E-state index is 12.4. The molecule has 0 fully saturated rings. The number of rotatable bonds is 5. The second-order valence-electron chi connectivity index (χ2n) is 6.08. The number of halogens is 1. The Labute approximate surface area is 174 Å². The van der Waals surface area contributed by atoms with Gasteiger partial charge in [0.15, 0.2) is 0 Å². The molecule has 146 valence electrons. The van der Waals surface area contributed by atoms with Crippen molar-refractivity contribution in [1.82, 2.24) is 19.9 Å². The van der Waals surface area contributed by atoms with E-state index >= 15 is 0 Å². The Kier molecular flexibility index (Phi) is 5.28. The molecule has 0 atom stereocenters. The highest BCUT2D eigenvalue weighted by atomic mass is 35.5. The van der Waals surface area contributed by atoms with E-state index in [-0.39, 0.29) is 18.0 Å². The van der Waals surface area contributed by atoms with E-state index < -0.39 is 0 Å². The second-order valence-corrected chi connectivity index (χ2v) is 7.44. The van der Waals surface area contributed by atoms with Crippen molar-refractivity contribution in [2.45, 2.75) is 6.54 Å². The summed E-state index contributed by atoms with van der Waals surface area (Å²) in [7, 11) is 1.56. The van der Waals surface area contributed by atoms with E-state index in [0.29, 0.717) is 32.0 Å². The fourth-order valence-corrected chi connectivity index (χ4v) is 3.95. The Morgan fingerprint density at radius 3 is 2.69 bits per heavy atom. The quantitative estimate of drug-likeness (QED) is 0.528. The second kappa shape index (κ2) is 8.02. The molecule has 0 saturated heterocycles. The number of hydrogen-bond donors (Lipinski definition) is 1. The predicted octanol–water partition coefficient (Wildman–Crippen LogP) is 3.41. The van der Waals surface area contributed by atoms with E-state index in [2.05, 4.69) is 15.4 Å². The Morgan fingerprint density at radius 2 is 1.97 bits per heavy atom. The lowest BCUT2D eigenvalue weighted by Crippen LogP contribution is -2.25. The molecular formula is C20H15ClN4O3S. The van der Waals surface area contributed by atoms with Gasteiger partial charge in [0, 0.05) is 17.2 Å². The van der Waals surface area contributed by atoms with Gasteiger partial charge in [-0.1, -0.05) is 41.1 Å². The van der Waals surface area contributed by atoms with Crippen molar-refractivity contribution in [3.05, 3.63) is 81.2 Å². The molecular weight excluding hydrogens is 412 g/mol. The van der Waals surface area contributed by atoms with Gasteiger partial charge >= 0.3 is 0 Å². The lowest BCUT2D eigenvalue weighted by Gasteiger charge is -2.05. The molecule has 4 aromatic rings. The van der Waals surface area contributed by atoms with Crippen LogP contribution in [-0.2, 0) is 6.54 Å². The molecule has 0 bridgehead atoms. The summed E-state index contributed by atoms with van der Waals surface area (Å²) >= 11 is 7.48. The van der Waals surface area contributed by atoms with Crippen LogP contribution >= 0.6 is 22.9 Å². The van der Waals surface area contributed by atoms with Gasteiger partial charge in [0.05, 0.1) is 24.4 Å². The number of fused-ring (bicyclic) bond motifs is 1. The first-order valence-electron chi connectivity index (χ1n) is 8.62. The van der Waals surface area contributed by atoms with Crippen molar-refractivity contribution in [3.8, 4) is 16.3 Å². The zero-order chi connectivity index (χ0) is 20.4. The monoisotopic (exact) mass is 426 g/mol. The van der Waals surface area contributed by atoms with Gasteiger partial charge in [-0.05, 0) is 30.3 Å². The zero-order valence-electron chi connectivity index (χ0n) is 15.3. The molecule has 2 aromatic heterocycles. The third kappa shape index (κ3) is 3.98. The molecule has 2 heterocycles. The average Bonchev–Trinajstić information content (AvgIpc) is 3.17. The van der Waals surface area contributed by atoms with Crippen LogP contribution < -0.4 is 15.6 Å². The first-order valence-corrected chi connectivity index (χ1v) is 9.81. The van der Waals surface area contributed by atoms with Gasteiger partial charge in [0.25, 0.3) is 11.5 Å². The van der Waals surface area contributed by atoms with Crippen molar-refractivity contribution in [3.63, 3.8) is 0 Å². The third-order valence-electron chi connectivity index (χ3n) is 4.18. The first kappa shape index (κ1) is 19.1. The van der Waals surface area contributed by atoms with Crippen LogP contribution in [0.15, 0.2) is 59.4 Å². The molecule has 0 saturated carbocycles. The Hall–Kier alpha value is -3.23. The van der Waals surface area contributed by atoms with Gasteiger partial charge in [-0.2, -0.15) is 9.61 Å². The topological polar surface area (TPSA) is 85.6 Å². The molecule has 9 heteroatoms. The number of ether oxygens (including phenoxy) is 1. The fraction of sp³-hybridized carbons (Fsp3) is 0.100. The first-order chi connectivity index (χ1) is 14.0.